The van der Waals surface area contributed by atoms with E-state index in [1.807, 2.05) is 37.3 Å². The molecular formula is C16H18ClN3O2. The van der Waals surface area contributed by atoms with Crippen LogP contribution >= 0.6 is 11.6 Å². The van der Waals surface area contributed by atoms with Gasteiger partial charge in [-0.15, -0.1) is 0 Å². The average molecular weight is 320 g/mol. The average Bonchev–Trinajstić information content (AvgIpc) is 2.81. The van der Waals surface area contributed by atoms with Gasteiger partial charge in [0.05, 0.1) is 18.0 Å². The summed E-state index contributed by atoms with van der Waals surface area (Å²) < 4.78 is 1.64. The van der Waals surface area contributed by atoms with Crippen LogP contribution in [0.1, 0.15) is 11.3 Å². The highest BCUT2D eigenvalue weighted by atomic mass is 35.5. The number of aliphatic hydroxyl groups is 1. The third-order valence-corrected chi connectivity index (χ3v) is 3.62. The van der Waals surface area contributed by atoms with Gasteiger partial charge in [0.25, 0.3) is 0 Å². The number of halogens is 1. The number of aliphatic hydroxyl groups excluding tert-OH is 1. The minimum Gasteiger partial charge on any atom is -0.395 e. The fourth-order valence-electron chi connectivity index (χ4n) is 1.98. The quantitative estimate of drug-likeness (QED) is 0.860. The molecule has 0 aliphatic heterocycles. The summed E-state index contributed by atoms with van der Waals surface area (Å²) in [4.78, 5) is 13.3. The van der Waals surface area contributed by atoms with Crippen LogP contribution in [0, 0.1) is 6.92 Å². The number of aryl methyl sites for hydroxylation is 1. The number of nitrogens with zero attached hydrogens (tertiary/aromatic N) is 3. The normalized spacial score (nSPS) is 11.1. The molecule has 6 heteroatoms. The number of rotatable bonds is 5. The molecule has 0 unspecified atom stereocenters. The fourth-order valence-corrected chi connectivity index (χ4v) is 2.32. The lowest BCUT2D eigenvalue weighted by Crippen LogP contribution is -2.27. The van der Waals surface area contributed by atoms with Crippen molar-refractivity contribution in [3.8, 4) is 5.69 Å². The van der Waals surface area contributed by atoms with Crippen LogP contribution in [0.2, 0.25) is 5.15 Å². The van der Waals surface area contributed by atoms with E-state index >= 15 is 0 Å². The lowest BCUT2D eigenvalue weighted by Gasteiger charge is -2.12. The first-order valence-corrected chi connectivity index (χ1v) is 7.27. The molecule has 2 aromatic rings. The molecule has 1 N–H and O–H groups in total. The molecule has 22 heavy (non-hydrogen) atoms. The Morgan fingerprint density at radius 1 is 1.41 bits per heavy atom. The smallest absolute Gasteiger partial charge is 0.246 e. The van der Waals surface area contributed by atoms with Crippen molar-refractivity contribution in [3.05, 3.63) is 52.8 Å². The number of para-hydroxylation sites is 1. The Morgan fingerprint density at radius 3 is 2.73 bits per heavy atom. The molecule has 0 fully saturated rings. The summed E-state index contributed by atoms with van der Waals surface area (Å²) in [5.41, 5.74) is 2.30. The first kappa shape index (κ1) is 16.3. The molecule has 1 heterocycles. The van der Waals surface area contributed by atoms with Crippen LogP contribution in [0.4, 0.5) is 0 Å². The summed E-state index contributed by atoms with van der Waals surface area (Å²) >= 11 is 6.37. The first-order chi connectivity index (χ1) is 10.5. The second-order valence-corrected chi connectivity index (χ2v) is 5.21. The van der Waals surface area contributed by atoms with Gasteiger partial charge in [-0.3, -0.25) is 4.79 Å². The number of aromatic nitrogens is 2. The van der Waals surface area contributed by atoms with Gasteiger partial charge in [-0.25, -0.2) is 4.68 Å². The predicted octanol–water partition coefficient (Wildman–Crippen LogP) is 2.30. The van der Waals surface area contributed by atoms with E-state index in [0.717, 1.165) is 11.4 Å². The maximum atomic E-state index is 11.9. The molecule has 2 rings (SSSR count). The van der Waals surface area contributed by atoms with E-state index in [0.29, 0.717) is 17.3 Å². The monoisotopic (exact) mass is 319 g/mol. The van der Waals surface area contributed by atoms with Gasteiger partial charge in [0, 0.05) is 25.2 Å². The zero-order valence-electron chi connectivity index (χ0n) is 12.5. The van der Waals surface area contributed by atoms with Crippen LogP contribution in [0.3, 0.4) is 0 Å². The number of benzene rings is 1. The molecule has 5 nitrogen and oxygen atoms in total. The Labute approximate surface area is 134 Å². The van der Waals surface area contributed by atoms with Gasteiger partial charge in [0.1, 0.15) is 5.15 Å². The molecule has 0 aliphatic carbocycles. The molecule has 116 valence electrons. The first-order valence-electron chi connectivity index (χ1n) is 6.89. The molecule has 0 bridgehead atoms. The molecule has 0 atom stereocenters. The molecule has 0 aliphatic rings. The van der Waals surface area contributed by atoms with E-state index < -0.39 is 0 Å². The van der Waals surface area contributed by atoms with Gasteiger partial charge < -0.3 is 10.0 Å². The highest BCUT2D eigenvalue weighted by molar-refractivity contribution is 6.31. The van der Waals surface area contributed by atoms with Crippen LogP contribution < -0.4 is 0 Å². The molecule has 0 spiro atoms. The molecule has 0 saturated heterocycles. The molecule has 1 aromatic carbocycles. The Morgan fingerprint density at radius 2 is 2.09 bits per heavy atom. The maximum Gasteiger partial charge on any atom is 0.246 e. The Balaban J connectivity index is 2.26. The van der Waals surface area contributed by atoms with E-state index in [2.05, 4.69) is 5.10 Å². The van der Waals surface area contributed by atoms with Crippen molar-refractivity contribution in [2.45, 2.75) is 6.92 Å². The summed E-state index contributed by atoms with van der Waals surface area (Å²) in [6, 6.07) is 9.55. The van der Waals surface area contributed by atoms with Gasteiger partial charge in [0.2, 0.25) is 5.91 Å². The summed E-state index contributed by atoms with van der Waals surface area (Å²) in [5, 5.41) is 13.7. The van der Waals surface area contributed by atoms with Crippen molar-refractivity contribution in [3.63, 3.8) is 0 Å². The fraction of sp³-hybridized carbons (Fsp3) is 0.250. The Hall–Kier alpha value is -2.11. The van der Waals surface area contributed by atoms with Gasteiger partial charge in [0.15, 0.2) is 0 Å². The van der Waals surface area contributed by atoms with Crippen LogP contribution in [-0.4, -0.2) is 45.9 Å². The lowest BCUT2D eigenvalue weighted by molar-refractivity contribution is -0.125. The molecule has 1 amide bonds. The van der Waals surface area contributed by atoms with E-state index in [-0.39, 0.29) is 12.5 Å². The Kier molecular flexibility index (Phi) is 5.35. The largest absolute Gasteiger partial charge is 0.395 e. The summed E-state index contributed by atoms with van der Waals surface area (Å²) in [5.74, 6) is -0.197. The van der Waals surface area contributed by atoms with E-state index in [1.54, 1.807) is 17.8 Å². The van der Waals surface area contributed by atoms with Crippen LogP contribution in [0.15, 0.2) is 36.4 Å². The van der Waals surface area contributed by atoms with Gasteiger partial charge in [-0.2, -0.15) is 5.10 Å². The number of carbonyl (C=O) groups excluding carboxylic acids is 1. The van der Waals surface area contributed by atoms with Crippen molar-refractivity contribution in [1.82, 2.24) is 14.7 Å². The standard InChI is InChI=1S/C16H18ClN3O2/c1-12-14(8-9-15(22)19(2)10-11-21)16(17)20(18-12)13-6-4-3-5-7-13/h3-9,21H,10-11H2,1-2H3/b9-8+. The number of hydrogen-bond acceptors (Lipinski definition) is 3. The van der Waals surface area contributed by atoms with Crippen molar-refractivity contribution < 1.29 is 9.90 Å². The Bertz CT molecular complexity index is 680. The van der Waals surface area contributed by atoms with Crippen molar-refractivity contribution >= 4 is 23.6 Å². The number of carbonyl (C=O) groups is 1. The maximum absolute atomic E-state index is 11.9. The lowest BCUT2D eigenvalue weighted by atomic mass is 10.2. The SMILES string of the molecule is Cc1nn(-c2ccccc2)c(Cl)c1/C=C/C(=O)N(C)CCO. The van der Waals surface area contributed by atoms with Gasteiger partial charge in [-0.1, -0.05) is 29.8 Å². The highest BCUT2D eigenvalue weighted by Gasteiger charge is 2.13. The van der Waals surface area contributed by atoms with Crippen LogP contribution in [0.25, 0.3) is 11.8 Å². The topological polar surface area (TPSA) is 58.4 Å². The number of amides is 1. The van der Waals surface area contributed by atoms with Crippen LogP contribution in [0.5, 0.6) is 0 Å². The van der Waals surface area contributed by atoms with Crippen molar-refractivity contribution in [1.29, 1.82) is 0 Å². The summed E-state index contributed by atoms with van der Waals surface area (Å²) in [6.07, 6.45) is 3.08. The highest BCUT2D eigenvalue weighted by Crippen LogP contribution is 2.24. The van der Waals surface area contributed by atoms with Gasteiger partial charge in [-0.05, 0) is 25.1 Å². The predicted molar refractivity (Wildman–Crippen MR) is 87.1 cm³/mol. The number of likely N-dealkylation sites (N-methyl/N-ethyl adjacent to an activating group) is 1. The van der Waals surface area contributed by atoms with Crippen molar-refractivity contribution in [2.75, 3.05) is 20.2 Å². The molecule has 0 saturated carbocycles. The summed E-state index contributed by atoms with van der Waals surface area (Å²) in [6.45, 7) is 2.06. The molecular weight excluding hydrogens is 302 g/mol. The van der Waals surface area contributed by atoms with E-state index in [4.69, 9.17) is 16.7 Å². The second-order valence-electron chi connectivity index (χ2n) is 4.85. The zero-order valence-corrected chi connectivity index (χ0v) is 13.3. The number of hydrogen-bond donors (Lipinski definition) is 1. The molecule has 0 radical (unpaired) electrons. The summed E-state index contributed by atoms with van der Waals surface area (Å²) in [7, 11) is 1.63. The minimum atomic E-state index is -0.197. The van der Waals surface area contributed by atoms with E-state index in [1.165, 1.54) is 11.0 Å². The van der Waals surface area contributed by atoms with E-state index in [9.17, 15) is 4.79 Å². The molecule has 1 aromatic heterocycles. The zero-order chi connectivity index (χ0) is 16.1. The third-order valence-electron chi connectivity index (χ3n) is 3.25. The van der Waals surface area contributed by atoms with Gasteiger partial charge >= 0.3 is 0 Å². The third kappa shape index (κ3) is 3.55. The second kappa shape index (κ2) is 7.24. The minimum absolute atomic E-state index is 0.0677. The van der Waals surface area contributed by atoms with Crippen LogP contribution in [-0.2, 0) is 4.79 Å². The van der Waals surface area contributed by atoms with Crippen molar-refractivity contribution in [2.24, 2.45) is 0 Å².